The van der Waals surface area contributed by atoms with Crippen LogP contribution in [-0.2, 0) is 0 Å². The van der Waals surface area contributed by atoms with Crippen LogP contribution in [0.15, 0.2) is 18.2 Å². The van der Waals surface area contributed by atoms with E-state index in [1.165, 1.54) is 56.0 Å². The molecule has 2 aliphatic heterocycles. The summed E-state index contributed by atoms with van der Waals surface area (Å²) in [5, 5.41) is 0. The molecule has 0 radical (unpaired) electrons. The minimum absolute atomic E-state index is 0.574. The van der Waals surface area contributed by atoms with Gasteiger partial charge >= 0.3 is 0 Å². The van der Waals surface area contributed by atoms with Gasteiger partial charge in [-0.2, -0.15) is 0 Å². The number of rotatable bonds is 7. The smallest absolute Gasteiger partial charge is 0.0708 e. The van der Waals surface area contributed by atoms with Crippen molar-refractivity contribution < 1.29 is 0 Å². The topological polar surface area (TPSA) is 13.0 Å². The first-order valence-corrected chi connectivity index (χ1v) is 10.5. The van der Waals surface area contributed by atoms with Crippen LogP contribution in [0, 0.1) is 0 Å². The lowest BCUT2D eigenvalue weighted by Gasteiger charge is -2.28. The van der Waals surface area contributed by atoms with Gasteiger partial charge in [-0.3, -0.25) is 14.7 Å². The largest absolute Gasteiger partial charge is 0.357 e. The van der Waals surface area contributed by atoms with Gasteiger partial charge in [0.2, 0.25) is 0 Å². The van der Waals surface area contributed by atoms with Crippen LogP contribution in [0.1, 0.15) is 57.1 Å². The molecule has 2 heterocycles. The molecule has 0 amide bonds. The third-order valence-electron chi connectivity index (χ3n) is 5.90. The van der Waals surface area contributed by atoms with Crippen molar-refractivity contribution in [2.75, 3.05) is 64.6 Å². The highest BCUT2D eigenvalue weighted by atomic mass is 15.4. The Labute approximate surface area is 160 Å². The van der Waals surface area contributed by atoms with Crippen molar-refractivity contribution in [3.63, 3.8) is 0 Å². The van der Waals surface area contributed by atoms with Crippen LogP contribution in [0.4, 0.5) is 5.69 Å². The van der Waals surface area contributed by atoms with E-state index >= 15 is 0 Å². The molecule has 2 saturated heterocycles. The van der Waals surface area contributed by atoms with Crippen molar-refractivity contribution in [2.45, 2.75) is 46.0 Å². The summed E-state index contributed by atoms with van der Waals surface area (Å²) in [7, 11) is 2.22. The lowest BCUT2D eigenvalue weighted by atomic mass is 9.92. The summed E-state index contributed by atoms with van der Waals surface area (Å²) in [5.74, 6) is 1.15. The van der Waals surface area contributed by atoms with E-state index in [9.17, 15) is 0 Å². The molecule has 2 aliphatic rings. The molecule has 0 aliphatic carbocycles. The Morgan fingerprint density at radius 3 is 1.92 bits per heavy atom. The molecule has 1 aromatic rings. The van der Waals surface area contributed by atoms with E-state index in [1.54, 1.807) is 0 Å². The predicted octanol–water partition coefficient (Wildman–Crippen LogP) is 3.61. The predicted molar refractivity (Wildman–Crippen MR) is 112 cm³/mol. The standard InChI is InChI=1S/C22H38N4/c1-18(2)20-8-6-9-21(19(3)4)22(20)26-15-14-25(17-26)11-7-10-24-13-12-23(5)16-24/h6,8-9,18-19H,7,10-17H2,1-5H3. The summed E-state index contributed by atoms with van der Waals surface area (Å²) in [4.78, 5) is 10.3. The van der Waals surface area contributed by atoms with Crippen molar-refractivity contribution in [3.8, 4) is 0 Å². The van der Waals surface area contributed by atoms with Crippen LogP contribution in [0.5, 0.6) is 0 Å². The molecule has 0 spiro atoms. The van der Waals surface area contributed by atoms with Crippen molar-refractivity contribution in [2.24, 2.45) is 0 Å². The summed E-state index contributed by atoms with van der Waals surface area (Å²) >= 11 is 0. The molecule has 26 heavy (non-hydrogen) atoms. The van der Waals surface area contributed by atoms with Crippen molar-refractivity contribution >= 4 is 5.69 Å². The minimum atomic E-state index is 0.574. The van der Waals surface area contributed by atoms with Crippen LogP contribution in [0.25, 0.3) is 0 Å². The van der Waals surface area contributed by atoms with E-state index < -0.39 is 0 Å². The van der Waals surface area contributed by atoms with Gasteiger partial charge in [0.1, 0.15) is 0 Å². The highest BCUT2D eigenvalue weighted by molar-refractivity contribution is 5.62. The van der Waals surface area contributed by atoms with E-state index in [0.29, 0.717) is 11.8 Å². The van der Waals surface area contributed by atoms with E-state index in [1.807, 2.05) is 0 Å². The summed E-state index contributed by atoms with van der Waals surface area (Å²) in [5.41, 5.74) is 4.54. The number of hydrogen-bond acceptors (Lipinski definition) is 4. The Morgan fingerprint density at radius 2 is 1.38 bits per heavy atom. The molecule has 4 nitrogen and oxygen atoms in total. The zero-order valence-corrected chi connectivity index (χ0v) is 17.5. The van der Waals surface area contributed by atoms with E-state index in [0.717, 1.165) is 19.9 Å². The van der Waals surface area contributed by atoms with Gasteiger partial charge in [0.05, 0.1) is 13.3 Å². The Morgan fingerprint density at radius 1 is 0.808 bits per heavy atom. The highest BCUT2D eigenvalue weighted by Crippen LogP contribution is 2.36. The first kappa shape index (κ1) is 19.7. The molecule has 0 atom stereocenters. The summed E-state index contributed by atoms with van der Waals surface area (Å²) in [6.45, 7) is 18.8. The van der Waals surface area contributed by atoms with Crippen LogP contribution in [-0.4, -0.2) is 74.4 Å². The Hall–Kier alpha value is -1.10. The van der Waals surface area contributed by atoms with Crippen LogP contribution in [0.2, 0.25) is 0 Å². The number of nitrogens with zero attached hydrogens (tertiary/aromatic N) is 4. The van der Waals surface area contributed by atoms with Gasteiger partial charge in [-0.15, -0.1) is 0 Å². The average Bonchev–Trinajstić information content (AvgIpc) is 3.23. The molecule has 0 N–H and O–H groups in total. The molecule has 4 heteroatoms. The monoisotopic (exact) mass is 358 g/mol. The number of anilines is 1. The van der Waals surface area contributed by atoms with Gasteiger partial charge in [0, 0.05) is 45.0 Å². The molecular formula is C22H38N4. The molecule has 0 aromatic heterocycles. The maximum Gasteiger partial charge on any atom is 0.0708 e. The van der Waals surface area contributed by atoms with E-state index in [4.69, 9.17) is 0 Å². The van der Waals surface area contributed by atoms with Gasteiger partial charge in [0.15, 0.2) is 0 Å². The lowest BCUT2D eigenvalue weighted by Crippen LogP contribution is -2.30. The molecule has 1 aromatic carbocycles. The van der Waals surface area contributed by atoms with Gasteiger partial charge in [0.25, 0.3) is 0 Å². The fourth-order valence-corrected chi connectivity index (χ4v) is 4.38. The summed E-state index contributed by atoms with van der Waals surface area (Å²) in [6.07, 6.45) is 1.28. The molecule has 2 fully saturated rings. The Kier molecular flexibility index (Phi) is 6.60. The third kappa shape index (κ3) is 4.59. The number of likely N-dealkylation sites (N-methyl/N-ethyl adjacent to an activating group) is 1. The van der Waals surface area contributed by atoms with Crippen LogP contribution >= 0.6 is 0 Å². The molecular weight excluding hydrogens is 320 g/mol. The number of benzene rings is 1. The first-order chi connectivity index (χ1) is 12.5. The van der Waals surface area contributed by atoms with Gasteiger partial charge in [-0.25, -0.2) is 0 Å². The molecule has 3 rings (SSSR count). The van der Waals surface area contributed by atoms with Gasteiger partial charge in [-0.05, 0) is 36.4 Å². The van der Waals surface area contributed by atoms with Crippen LogP contribution < -0.4 is 4.90 Å². The quantitative estimate of drug-likeness (QED) is 0.738. The van der Waals surface area contributed by atoms with Crippen LogP contribution in [0.3, 0.4) is 0 Å². The van der Waals surface area contributed by atoms with E-state index in [2.05, 4.69) is 72.5 Å². The molecule has 146 valence electrons. The first-order valence-electron chi connectivity index (χ1n) is 10.5. The SMILES string of the molecule is CC(C)c1cccc(C(C)C)c1N1CCN(CCCN2CCN(C)C2)C1. The lowest BCUT2D eigenvalue weighted by molar-refractivity contribution is 0.250. The zero-order valence-electron chi connectivity index (χ0n) is 17.5. The fraction of sp³-hybridized carbons (Fsp3) is 0.727. The Balaban J connectivity index is 1.60. The third-order valence-corrected chi connectivity index (χ3v) is 5.90. The maximum atomic E-state index is 2.64. The molecule has 0 bridgehead atoms. The zero-order chi connectivity index (χ0) is 18.7. The number of hydrogen-bond donors (Lipinski definition) is 0. The summed E-state index contributed by atoms with van der Waals surface area (Å²) < 4.78 is 0. The normalized spacial score (nSPS) is 20.2. The van der Waals surface area contributed by atoms with Gasteiger partial charge in [-0.1, -0.05) is 45.9 Å². The highest BCUT2D eigenvalue weighted by Gasteiger charge is 2.25. The second kappa shape index (κ2) is 8.73. The number of para-hydroxylation sites is 1. The average molecular weight is 359 g/mol. The maximum absolute atomic E-state index is 2.64. The second-order valence-electron chi connectivity index (χ2n) is 8.81. The van der Waals surface area contributed by atoms with Crippen molar-refractivity contribution in [3.05, 3.63) is 29.3 Å². The minimum Gasteiger partial charge on any atom is -0.357 e. The van der Waals surface area contributed by atoms with Crippen molar-refractivity contribution in [1.29, 1.82) is 0 Å². The van der Waals surface area contributed by atoms with Crippen molar-refractivity contribution in [1.82, 2.24) is 14.7 Å². The van der Waals surface area contributed by atoms with Gasteiger partial charge < -0.3 is 4.90 Å². The second-order valence-corrected chi connectivity index (χ2v) is 8.81. The fourth-order valence-electron chi connectivity index (χ4n) is 4.38. The van der Waals surface area contributed by atoms with E-state index in [-0.39, 0.29) is 0 Å². The Bertz CT molecular complexity index is 557. The molecule has 0 unspecified atom stereocenters. The molecule has 0 saturated carbocycles. The summed E-state index contributed by atoms with van der Waals surface area (Å²) in [6, 6.07) is 6.91.